The molecule has 9 nitrogen and oxygen atoms in total. The van der Waals surface area contributed by atoms with Crippen molar-refractivity contribution >= 4 is 40.2 Å². The molecule has 1 aliphatic heterocycles. The summed E-state index contributed by atoms with van der Waals surface area (Å²) in [6, 6.07) is 1.82. The first-order chi connectivity index (χ1) is 16.5. The fourth-order valence-corrected chi connectivity index (χ4v) is 3.49. The number of nitrogens with one attached hydrogen (secondary N) is 2. The molecule has 188 valence electrons. The average molecular weight is 502 g/mol. The first-order valence-corrected chi connectivity index (χ1v) is 10.3. The van der Waals surface area contributed by atoms with E-state index in [1.807, 2.05) is 4.90 Å². The number of piperazine rings is 1. The van der Waals surface area contributed by atoms with Crippen molar-refractivity contribution in [1.82, 2.24) is 15.6 Å². The Morgan fingerprint density at radius 2 is 1.86 bits per heavy atom. The second kappa shape index (κ2) is 10.7. The van der Waals surface area contributed by atoms with Gasteiger partial charge in [0.25, 0.3) is 5.91 Å². The van der Waals surface area contributed by atoms with Gasteiger partial charge in [0.1, 0.15) is 18.5 Å². The molecule has 14 heteroatoms. The zero-order chi connectivity index (χ0) is 25.8. The van der Waals surface area contributed by atoms with Crippen molar-refractivity contribution in [2.45, 2.75) is 18.6 Å². The normalized spacial score (nSPS) is 14.9. The van der Waals surface area contributed by atoms with Gasteiger partial charge in [0.05, 0.1) is 23.2 Å². The molecule has 1 saturated heterocycles. The first kappa shape index (κ1) is 25.9. The van der Waals surface area contributed by atoms with E-state index in [4.69, 9.17) is 0 Å². The van der Waals surface area contributed by atoms with Gasteiger partial charge in [-0.3, -0.25) is 19.4 Å². The van der Waals surface area contributed by atoms with Crippen LogP contribution in [0.2, 0.25) is 0 Å². The lowest BCUT2D eigenvalue weighted by Gasteiger charge is -2.32. The largest absolute Gasteiger partial charge is 0.491 e. The van der Waals surface area contributed by atoms with Crippen molar-refractivity contribution in [3.63, 3.8) is 0 Å². The predicted octanol–water partition coefficient (Wildman–Crippen LogP) is 1.44. The molecule has 1 fully saturated rings. The van der Waals surface area contributed by atoms with Crippen LogP contribution in [0.15, 0.2) is 24.4 Å². The van der Waals surface area contributed by atoms with E-state index in [1.165, 1.54) is 12.1 Å². The van der Waals surface area contributed by atoms with Crippen LogP contribution in [0, 0.1) is 5.82 Å². The van der Waals surface area contributed by atoms with Gasteiger partial charge in [-0.25, -0.2) is 13.6 Å². The number of amides is 1. The van der Waals surface area contributed by atoms with Gasteiger partial charge in [0, 0.05) is 43.8 Å². The van der Waals surface area contributed by atoms with E-state index in [0.29, 0.717) is 37.3 Å². The third-order valence-corrected chi connectivity index (χ3v) is 5.12. The number of rotatable bonds is 7. The maximum Gasteiger partial charge on any atom is 0.491 e. The van der Waals surface area contributed by atoms with E-state index in [0.717, 1.165) is 12.3 Å². The van der Waals surface area contributed by atoms with Gasteiger partial charge < -0.3 is 20.3 Å². The monoisotopic (exact) mass is 502 g/mol. The van der Waals surface area contributed by atoms with Crippen molar-refractivity contribution in [2.75, 3.05) is 37.8 Å². The van der Waals surface area contributed by atoms with Crippen LogP contribution >= 0.6 is 0 Å². The van der Waals surface area contributed by atoms with Gasteiger partial charge in [-0.15, -0.1) is 0 Å². The number of ether oxygens (including phenoxy) is 1. The SMILES string of the molecule is O=C(CC(NC(=O)c1cnc2cc(F)ccc2c1N1CCNCC1)C(=O)CF)OC(=O)C(F)(F)F. The molecule has 1 aromatic carbocycles. The minimum Gasteiger partial charge on any atom is -0.386 e. The zero-order valence-corrected chi connectivity index (χ0v) is 18.0. The Morgan fingerprint density at radius 3 is 2.49 bits per heavy atom. The number of aromatic nitrogens is 1. The molecular formula is C21H19F5N4O5. The van der Waals surface area contributed by atoms with Crippen molar-refractivity contribution in [1.29, 1.82) is 0 Å². The Bertz CT molecular complexity index is 1150. The van der Waals surface area contributed by atoms with Crippen LogP contribution in [0.4, 0.5) is 27.6 Å². The molecule has 1 aromatic heterocycles. The van der Waals surface area contributed by atoms with E-state index in [-0.39, 0.29) is 11.1 Å². The zero-order valence-electron chi connectivity index (χ0n) is 18.0. The molecular weight excluding hydrogens is 483 g/mol. The van der Waals surface area contributed by atoms with Crippen LogP contribution in [-0.2, 0) is 19.1 Å². The highest BCUT2D eigenvalue weighted by molar-refractivity contribution is 6.09. The van der Waals surface area contributed by atoms with E-state index < -0.39 is 54.8 Å². The van der Waals surface area contributed by atoms with E-state index >= 15 is 0 Å². The fourth-order valence-electron chi connectivity index (χ4n) is 3.49. The Morgan fingerprint density at radius 1 is 1.17 bits per heavy atom. The number of pyridine rings is 1. The highest BCUT2D eigenvalue weighted by atomic mass is 19.4. The molecule has 1 amide bonds. The third kappa shape index (κ3) is 6.26. The van der Waals surface area contributed by atoms with Gasteiger partial charge >= 0.3 is 18.1 Å². The van der Waals surface area contributed by atoms with Crippen LogP contribution < -0.4 is 15.5 Å². The molecule has 3 rings (SSSR count). The highest BCUT2D eigenvalue weighted by Gasteiger charge is 2.43. The Labute approximate surface area is 194 Å². The second-order valence-electron chi connectivity index (χ2n) is 7.51. The molecule has 0 spiro atoms. The van der Waals surface area contributed by atoms with Crippen LogP contribution in [0.3, 0.4) is 0 Å². The molecule has 35 heavy (non-hydrogen) atoms. The lowest BCUT2D eigenvalue weighted by atomic mass is 10.0. The lowest BCUT2D eigenvalue weighted by molar-refractivity contribution is -0.202. The highest BCUT2D eigenvalue weighted by Crippen LogP contribution is 2.30. The quantitative estimate of drug-likeness (QED) is 0.332. The molecule has 1 aliphatic rings. The number of carbonyl (C=O) groups is 4. The number of esters is 2. The Kier molecular flexibility index (Phi) is 7.94. The van der Waals surface area contributed by atoms with E-state index in [2.05, 4.69) is 20.4 Å². The molecule has 1 atom stereocenters. The molecule has 2 N–H and O–H groups in total. The topological polar surface area (TPSA) is 118 Å². The molecule has 2 heterocycles. The molecule has 2 aromatic rings. The summed E-state index contributed by atoms with van der Waals surface area (Å²) in [5.41, 5.74) is 0.485. The van der Waals surface area contributed by atoms with Gasteiger partial charge in [-0.05, 0) is 12.1 Å². The fraction of sp³-hybridized carbons (Fsp3) is 0.381. The maximum absolute atomic E-state index is 13.7. The molecule has 1 unspecified atom stereocenters. The standard InChI is InChI=1S/C21H19F5N4O5/c22-9-16(31)15(8-17(32)35-20(34)21(24,25)26)29-19(33)13-10-28-14-7-11(23)1-2-12(14)18(13)30-5-3-27-4-6-30/h1-2,7,10,15,27H,3-6,8-9H2,(H,29,33). The second-order valence-corrected chi connectivity index (χ2v) is 7.51. The summed E-state index contributed by atoms with van der Waals surface area (Å²) in [5.74, 6) is -7.47. The number of fused-ring (bicyclic) bond motifs is 1. The number of hydrogen-bond acceptors (Lipinski definition) is 8. The third-order valence-electron chi connectivity index (χ3n) is 5.12. The van der Waals surface area contributed by atoms with E-state index in [1.54, 1.807) is 0 Å². The lowest BCUT2D eigenvalue weighted by Crippen LogP contribution is -2.46. The van der Waals surface area contributed by atoms with Crippen molar-refractivity contribution in [2.24, 2.45) is 0 Å². The summed E-state index contributed by atoms with van der Waals surface area (Å²) in [4.78, 5) is 53.5. The van der Waals surface area contributed by atoms with Crippen LogP contribution in [-0.4, -0.2) is 73.7 Å². The van der Waals surface area contributed by atoms with Crippen molar-refractivity contribution in [3.8, 4) is 0 Å². The number of anilines is 1. The molecule has 0 aliphatic carbocycles. The smallest absolute Gasteiger partial charge is 0.386 e. The first-order valence-electron chi connectivity index (χ1n) is 10.3. The average Bonchev–Trinajstić information content (AvgIpc) is 2.82. The Hall–Kier alpha value is -3.68. The summed E-state index contributed by atoms with van der Waals surface area (Å²) in [7, 11) is 0. The summed E-state index contributed by atoms with van der Waals surface area (Å²) >= 11 is 0. The number of alkyl halides is 4. The van der Waals surface area contributed by atoms with Crippen molar-refractivity contribution < 1.29 is 45.9 Å². The number of benzene rings is 1. The number of nitrogens with zero attached hydrogens (tertiary/aromatic N) is 2. The molecule has 0 bridgehead atoms. The van der Waals surface area contributed by atoms with Crippen LogP contribution in [0.1, 0.15) is 16.8 Å². The van der Waals surface area contributed by atoms with Crippen LogP contribution in [0.25, 0.3) is 10.9 Å². The number of Topliss-reactive ketones (excluding diaryl/α,β-unsaturated/α-hetero) is 1. The molecule has 0 saturated carbocycles. The predicted molar refractivity (Wildman–Crippen MR) is 111 cm³/mol. The van der Waals surface area contributed by atoms with E-state index in [9.17, 15) is 41.1 Å². The summed E-state index contributed by atoms with van der Waals surface area (Å²) < 4.78 is 67.3. The number of hydrogen-bond donors (Lipinski definition) is 2. The number of ketones is 1. The number of carbonyl (C=O) groups excluding carboxylic acids is 4. The van der Waals surface area contributed by atoms with Gasteiger partial charge in [-0.1, -0.05) is 0 Å². The van der Waals surface area contributed by atoms with Gasteiger partial charge in [0.2, 0.25) is 0 Å². The van der Waals surface area contributed by atoms with Crippen molar-refractivity contribution in [3.05, 3.63) is 35.8 Å². The van der Waals surface area contributed by atoms with Gasteiger partial charge in [0.15, 0.2) is 5.78 Å². The maximum atomic E-state index is 13.7. The Balaban J connectivity index is 1.90. The summed E-state index contributed by atoms with van der Waals surface area (Å²) in [6.07, 6.45) is -5.57. The van der Waals surface area contributed by atoms with Crippen LogP contribution in [0.5, 0.6) is 0 Å². The number of halogens is 5. The minimum atomic E-state index is -5.47. The van der Waals surface area contributed by atoms with Gasteiger partial charge in [-0.2, -0.15) is 13.2 Å². The summed E-state index contributed by atoms with van der Waals surface area (Å²) in [5, 5.41) is 5.64. The summed E-state index contributed by atoms with van der Waals surface area (Å²) in [6.45, 7) is 0.387. The minimum absolute atomic E-state index is 0.0950. The molecule has 0 radical (unpaired) electrons.